The van der Waals surface area contributed by atoms with Crippen LogP contribution in [0.5, 0.6) is 11.5 Å². The molecule has 0 aliphatic heterocycles. The van der Waals surface area contributed by atoms with Crippen molar-refractivity contribution in [3.05, 3.63) is 65.7 Å². The number of esters is 1. The Bertz CT molecular complexity index is 779. The van der Waals surface area contributed by atoms with Crippen molar-refractivity contribution in [3.8, 4) is 11.5 Å². The first-order valence-corrected chi connectivity index (χ1v) is 8.36. The van der Waals surface area contributed by atoms with Gasteiger partial charge in [-0.05, 0) is 29.3 Å². The minimum Gasteiger partial charge on any atom is -0.497 e. The van der Waals surface area contributed by atoms with E-state index in [4.69, 9.17) is 14.2 Å². The topological polar surface area (TPSA) is 65.1 Å². The van der Waals surface area contributed by atoms with E-state index in [0.717, 1.165) is 11.1 Å². The largest absolute Gasteiger partial charge is 0.497 e. The molecule has 0 atom stereocenters. The van der Waals surface area contributed by atoms with E-state index in [1.807, 2.05) is 30.3 Å². The van der Waals surface area contributed by atoms with E-state index in [1.165, 1.54) is 18.1 Å². The Morgan fingerprint density at radius 3 is 2.15 bits per heavy atom. The fraction of sp³-hybridized carbons (Fsp3) is 0.238. The Balaban J connectivity index is 2.22. The smallest absolute Gasteiger partial charge is 0.325 e. The molecule has 1 amide bonds. The zero-order valence-corrected chi connectivity index (χ0v) is 15.7. The van der Waals surface area contributed by atoms with Crippen LogP contribution in [0.25, 0.3) is 6.08 Å². The first-order chi connectivity index (χ1) is 13.0. The zero-order chi connectivity index (χ0) is 19.6. The molecule has 0 aliphatic carbocycles. The van der Waals surface area contributed by atoms with Crippen molar-refractivity contribution in [2.45, 2.75) is 6.54 Å². The number of benzene rings is 2. The molecule has 0 saturated heterocycles. The maximum atomic E-state index is 12.7. The predicted molar refractivity (Wildman–Crippen MR) is 102 cm³/mol. The fourth-order valence-electron chi connectivity index (χ4n) is 2.45. The minimum absolute atomic E-state index is 0.159. The third-order valence-electron chi connectivity index (χ3n) is 3.86. The number of amides is 1. The van der Waals surface area contributed by atoms with Crippen LogP contribution in [0.15, 0.2) is 54.6 Å². The molecule has 2 aromatic rings. The summed E-state index contributed by atoms with van der Waals surface area (Å²) in [6.07, 6.45) is 3.15. The average molecular weight is 369 g/mol. The highest BCUT2D eigenvalue weighted by Crippen LogP contribution is 2.23. The number of carbonyl (C=O) groups is 2. The van der Waals surface area contributed by atoms with Crippen LogP contribution in [-0.4, -0.2) is 44.7 Å². The third-order valence-corrected chi connectivity index (χ3v) is 3.86. The van der Waals surface area contributed by atoms with Gasteiger partial charge in [-0.25, -0.2) is 0 Å². The van der Waals surface area contributed by atoms with Crippen molar-refractivity contribution in [2.75, 3.05) is 27.9 Å². The summed E-state index contributed by atoms with van der Waals surface area (Å²) < 4.78 is 15.2. The Labute approximate surface area is 159 Å². The van der Waals surface area contributed by atoms with Crippen molar-refractivity contribution in [2.24, 2.45) is 0 Å². The number of nitrogens with zero attached hydrogens (tertiary/aromatic N) is 1. The second-order valence-corrected chi connectivity index (χ2v) is 5.74. The van der Waals surface area contributed by atoms with Crippen LogP contribution in [0.2, 0.25) is 0 Å². The molecule has 6 nitrogen and oxygen atoms in total. The number of ether oxygens (including phenoxy) is 3. The molecule has 0 heterocycles. The summed E-state index contributed by atoms with van der Waals surface area (Å²) >= 11 is 0. The zero-order valence-electron chi connectivity index (χ0n) is 15.7. The van der Waals surface area contributed by atoms with Gasteiger partial charge >= 0.3 is 5.97 Å². The number of methoxy groups -OCH3 is 3. The van der Waals surface area contributed by atoms with E-state index >= 15 is 0 Å². The van der Waals surface area contributed by atoms with Gasteiger partial charge in [-0.15, -0.1) is 0 Å². The first-order valence-electron chi connectivity index (χ1n) is 8.36. The molecular formula is C21H23NO5. The summed E-state index contributed by atoms with van der Waals surface area (Å²) in [5.74, 6) is 0.418. The van der Waals surface area contributed by atoms with Gasteiger partial charge in [-0.1, -0.05) is 30.3 Å². The van der Waals surface area contributed by atoms with E-state index in [1.54, 1.807) is 38.5 Å². The lowest BCUT2D eigenvalue weighted by atomic mass is 10.1. The number of hydrogen-bond donors (Lipinski definition) is 0. The highest BCUT2D eigenvalue weighted by molar-refractivity contribution is 5.93. The maximum Gasteiger partial charge on any atom is 0.325 e. The van der Waals surface area contributed by atoms with Gasteiger partial charge in [-0.2, -0.15) is 0 Å². The van der Waals surface area contributed by atoms with Crippen molar-refractivity contribution in [1.29, 1.82) is 0 Å². The van der Waals surface area contributed by atoms with Crippen LogP contribution >= 0.6 is 0 Å². The Morgan fingerprint density at radius 1 is 0.963 bits per heavy atom. The van der Waals surface area contributed by atoms with Crippen molar-refractivity contribution in [1.82, 2.24) is 4.90 Å². The Hall–Kier alpha value is -3.28. The van der Waals surface area contributed by atoms with Crippen molar-refractivity contribution in [3.63, 3.8) is 0 Å². The summed E-state index contributed by atoms with van der Waals surface area (Å²) in [6, 6.07) is 14.8. The van der Waals surface area contributed by atoms with Crippen LogP contribution in [-0.2, 0) is 20.9 Å². The van der Waals surface area contributed by atoms with E-state index in [2.05, 4.69) is 0 Å². The lowest BCUT2D eigenvalue weighted by Crippen LogP contribution is -2.34. The molecule has 6 heteroatoms. The molecule has 0 fully saturated rings. The molecule has 27 heavy (non-hydrogen) atoms. The standard InChI is InChI=1S/C21H23NO5/c1-25-18-11-17(12-19(13-18)26-2)14-22(15-21(24)27-3)20(23)10-9-16-7-5-4-6-8-16/h4-13H,14-15H2,1-3H3/b10-9+. The van der Waals surface area contributed by atoms with Crippen molar-refractivity contribution >= 4 is 18.0 Å². The molecule has 2 rings (SSSR count). The molecule has 0 saturated carbocycles. The highest BCUT2D eigenvalue weighted by atomic mass is 16.5. The van der Waals surface area contributed by atoms with Crippen LogP contribution in [0.3, 0.4) is 0 Å². The van der Waals surface area contributed by atoms with Crippen LogP contribution in [0.1, 0.15) is 11.1 Å². The van der Waals surface area contributed by atoms with Gasteiger partial charge < -0.3 is 19.1 Å². The summed E-state index contributed by atoms with van der Waals surface area (Å²) in [7, 11) is 4.40. The molecule has 0 unspecified atom stereocenters. The number of rotatable bonds is 8. The van der Waals surface area contributed by atoms with E-state index in [-0.39, 0.29) is 19.0 Å². The summed E-state index contributed by atoms with van der Waals surface area (Å²) in [5.41, 5.74) is 1.67. The fourth-order valence-corrected chi connectivity index (χ4v) is 2.45. The molecule has 142 valence electrons. The second kappa shape index (κ2) is 10.0. The number of hydrogen-bond acceptors (Lipinski definition) is 5. The minimum atomic E-state index is -0.494. The van der Waals surface area contributed by atoms with E-state index in [0.29, 0.717) is 11.5 Å². The Kier molecular flexibility index (Phi) is 7.43. The lowest BCUT2D eigenvalue weighted by Gasteiger charge is -2.20. The summed E-state index contributed by atoms with van der Waals surface area (Å²) in [4.78, 5) is 25.8. The highest BCUT2D eigenvalue weighted by Gasteiger charge is 2.17. The van der Waals surface area contributed by atoms with Gasteiger partial charge in [0.25, 0.3) is 0 Å². The molecule has 0 radical (unpaired) electrons. The van der Waals surface area contributed by atoms with Gasteiger partial charge in [0.2, 0.25) is 5.91 Å². The van der Waals surface area contributed by atoms with Gasteiger partial charge in [0.05, 0.1) is 21.3 Å². The molecule has 0 N–H and O–H groups in total. The van der Waals surface area contributed by atoms with Crippen LogP contribution < -0.4 is 9.47 Å². The normalized spacial score (nSPS) is 10.5. The number of carbonyl (C=O) groups excluding carboxylic acids is 2. The molecule has 0 aromatic heterocycles. The second-order valence-electron chi connectivity index (χ2n) is 5.74. The summed E-state index contributed by atoms with van der Waals surface area (Å²) in [6.45, 7) is 0.0502. The average Bonchev–Trinajstić information content (AvgIpc) is 2.71. The van der Waals surface area contributed by atoms with Gasteiger partial charge in [-0.3, -0.25) is 9.59 Å². The van der Waals surface area contributed by atoms with E-state index in [9.17, 15) is 9.59 Å². The monoisotopic (exact) mass is 369 g/mol. The molecular weight excluding hydrogens is 346 g/mol. The van der Waals surface area contributed by atoms with Crippen molar-refractivity contribution < 1.29 is 23.8 Å². The van der Waals surface area contributed by atoms with Gasteiger partial charge in [0.1, 0.15) is 18.0 Å². The molecule has 0 bridgehead atoms. The predicted octanol–water partition coefficient (Wildman–Crippen LogP) is 2.92. The van der Waals surface area contributed by atoms with Crippen LogP contribution in [0, 0.1) is 0 Å². The SMILES string of the molecule is COC(=O)CN(Cc1cc(OC)cc(OC)c1)C(=O)/C=C/c1ccccc1. The van der Waals surface area contributed by atoms with Gasteiger partial charge in [0.15, 0.2) is 0 Å². The summed E-state index contributed by atoms with van der Waals surface area (Å²) in [5, 5.41) is 0. The molecule has 2 aromatic carbocycles. The molecule has 0 aliphatic rings. The quantitative estimate of drug-likeness (QED) is 0.529. The maximum absolute atomic E-state index is 12.7. The third kappa shape index (κ3) is 6.18. The molecule has 0 spiro atoms. The van der Waals surface area contributed by atoms with Gasteiger partial charge in [0, 0.05) is 18.7 Å². The first kappa shape index (κ1) is 20.0. The van der Waals surface area contributed by atoms with Crippen LogP contribution in [0.4, 0.5) is 0 Å². The Morgan fingerprint density at radius 2 is 1.59 bits per heavy atom. The van der Waals surface area contributed by atoms with E-state index < -0.39 is 5.97 Å². The lowest BCUT2D eigenvalue weighted by molar-refractivity contribution is -0.145.